The highest BCUT2D eigenvalue weighted by Gasteiger charge is 2.39. The third-order valence-electron chi connectivity index (χ3n) is 6.59. The highest BCUT2D eigenvalue weighted by atomic mass is 16.2. The van der Waals surface area contributed by atoms with Crippen LogP contribution in [0.2, 0.25) is 0 Å². The van der Waals surface area contributed by atoms with Gasteiger partial charge in [-0.3, -0.25) is 19.7 Å². The van der Waals surface area contributed by atoms with Crippen molar-refractivity contribution in [1.82, 2.24) is 10.2 Å². The Labute approximate surface area is 181 Å². The minimum Gasteiger partial charge on any atom is -0.381 e. The molecule has 3 amide bonds. The fraction of sp³-hybridized carbons (Fsp3) is 0.375. The van der Waals surface area contributed by atoms with Crippen molar-refractivity contribution in [1.29, 1.82) is 0 Å². The first-order valence-corrected chi connectivity index (χ1v) is 10.9. The van der Waals surface area contributed by atoms with E-state index >= 15 is 0 Å². The lowest BCUT2D eigenvalue weighted by atomic mass is 9.88. The largest absolute Gasteiger partial charge is 0.381 e. The van der Waals surface area contributed by atoms with Crippen molar-refractivity contribution in [2.75, 3.05) is 5.32 Å². The van der Waals surface area contributed by atoms with Crippen LogP contribution in [-0.2, 0) is 35.5 Å². The van der Waals surface area contributed by atoms with E-state index in [2.05, 4.69) is 28.8 Å². The van der Waals surface area contributed by atoms with Crippen LogP contribution in [0, 0.1) is 0 Å². The lowest BCUT2D eigenvalue weighted by molar-refractivity contribution is -0.136. The molecule has 0 radical (unpaired) electrons. The molecule has 31 heavy (non-hydrogen) atoms. The molecule has 4 N–H and O–H groups in total. The van der Waals surface area contributed by atoms with E-state index < -0.39 is 6.04 Å². The van der Waals surface area contributed by atoms with Gasteiger partial charge in [0.1, 0.15) is 6.04 Å². The van der Waals surface area contributed by atoms with Crippen LogP contribution in [0.15, 0.2) is 36.4 Å². The van der Waals surface area contributed by atoms with Gasteiger partial charge in [-0.25, -0.2) is 0 Å². The van der Waals surface area contributed by atoms with Gasteiger partial charge in [0, 0.05) is 36.8 Å². The van der Waals surface area contributed by atoms with E-state index in [9.17, 15) is 14.4 Å². The summed E-state index contributed by atoms with van der Waals surface area (Å²) in [6, 6.07) is 11.9. The Bertz CT molecular complexity index is 1080. The molecule has 2 aliphatic heterocycles. The summed E-state index contributed by atoms with van der Waals surface area (Å²) >= 11 is 0. The van der Waals surface area contributed by atoms with Crippen molar-refractivity contribution in [3.05, 3.63) is 64.2 Å². The van der Waals surface area contributed by atoms with Crippen LogP contribution in [0.1, 0.15) is 51.9 Å². The van der Waals surface area contributed by atoms with Crippen LogP contribution in [-0.4, -0.2) is 34.7 Å². The zero-order chi connectivity index (χ0) is 21.5. The van der Waals surface area contributed by atoms with Crippen molar-refractivity contribution in [3.8, 4) is 0 Å². The predicted molar refractivity (Wildman–Crippen MR) is 116 cm³/mol. The van der Waals surface area contributed by atoms with Crippen LogP contribution >= 0.6 is 0 Å². The van der Waals surface area contributed by atoms with Crippen LogP contribution in [0.3, 0.4) is 0 Å². The number of aryl methyl sites for hydroxylation is 1. The number of imide groups is 1. The van der Waals surface area contributed by atoms with Gasteiger partial charge in [-0.2, -0.15) is 0 Å². The zero-order valence-corrected chi connectivity index (χ0v) is 17.3. The number of nitrogens with one attached hydrogen (secondary N) is 2. The molecule has 0 spiro atoms. The third kappa shape index (κ3) is 3.70. The van der Waals surface area contributed by atoms with Crippen molar-refractivity contribution in [2.24, 2.45) is 5.73 Å². The molecule has 1 fully saturated rings. The molecule has 0 bridgehead atoms. The van der Waals surface area contributed by atoms with Gasteiger partial charge in [-0.15, -0.1) is 0 Å². The molecule has 7 nitrogen and oxygen atoms in total. The van der Waals surface area contributed by atoms with E-state index in [1.807, 2.05) is 18.2 Å². The maximum absolute atomic E-state index is 13.2. The molecule has 0 aromatic heterocycles. The van der Waals surface area contributed by atoms with Gasteiger partial charge >= 0.3 is 0 Å². The number of carbonyl (C=O) groups excluding carboxylic acids is 3. The minimum atomic E-state index is -0.592. The quantitative estimate of drug-likeness (QED) is 0.658. The minimum absolute atomic E-state index is 0.138. The van der Waals surface area contributed by atoms with Crippen molar-refractivity contribution >= 4 is 23.4 Å². The summed E-state index contributed by atoms with van der Waals surface area (Å²) in [6.45, 7) is 0.920. The number of piperidine rings is 1. The van der Waals surface area contributed by atoms with Gasteiger partial charge in [-0.1, -0.05) is 24.3 Å². The zero-order valence-electron chi connectivity index (χ0n) is 17.3. The molecule has 160 valence electrons. The number of hydrogen-bond donors (Lipinski definition) is 3. The average Bonchev–Trinajstić information content (AvgIpc) is 3.09. The van der Waals surface area contributed by atoms with Crippen LogP contribution < -0.4 is 16.4 Å². The Balaban J connectivity index is 1.32. The molecule has 2 aromatic rings. The van der Waals surface area contributed by atoms with Crippen LogP contribution in [0.25, 0.3) is 0 Å². The normalized spacial score (nSPS) is 22.7. The van der Waals surface area contributed by atoms with E-state index in [1.165, 1.54) is 11.1 Å². The summed E-state index contributed by atoms with van der Waals surface area (Å²) in [6.07, 6.45) is 3.55. The van der Waals surface area contributed by atoms with E-state index in [0.717, 1.165) is 36.1 Å². The molecule has 2 heterocycles. The Hall–Kier alpha value is -3.19. The Kier molecular flexibility index (Phi) is 4.98. The Morgan fingerprint density at radius 2 is 1.90 bits per heavy atom. The number of benzene rings is 2. The van der Waals surface area contributed by atoms with Gasteiger partial charge < -0.3 is 16.0 Å². The van der Waals surface area contributed by atoms with Gasteiger partial charge in [0.2, 0.25) is 11.8 Å². The fourth-order valence-corrected chi connectivity index (χ4v) is 4.93. The Morgan fingerprint density at radius 1 is 1.03 bits per heavy atom. The van der Waals surface area contributed by atoms with E-state index in [0.29, 0.717) is 25.1 Å². The second kappa shape index (κ2) is 7.81. The molecule has 7 heteroatoms. The maximum Gasteiger partial charge on any atom is 0.255 e. The predicted octanol–water partition coefficient (Wildman–Crippen LogP) is 1.88. The first kappa shape index (κ1) is 19.8. The number of anilines is 1. The molecule has 5 rings (SSSR count). The molecule has 1 saturated heterocycles. The number of fused-ring (bicyclic) bond motifs is 2. The third-order valence-corrected chi connectivity index (χ3v) is 6.59. The number of hydrogen-bond acceptors (Lipinski definition) is 5. The highest BCUT2D eigenvalue weighted by Crippen LogP contribution is 2.30. The lowest BCUT2D eigenvalue weighted by Gasteiger charge is -2.29. The molecule has 3 aliphatic rings. The summed E-state index contributed by atoms with van der Waals surface area (Å²) in [5.41, 5.74) is 12.3. The summed E-state index contributed by atoms with van der Waals surface area (Å²) in [7, 11) is 0. The average molecular weight is 418 g/mol. The molecule has 2 atom stereocenters. The lowest BCUT2D eigenvalue weighted by Crippen LogP contribution is -2.52. The maximum atomic E-state index is 13.2. The number of rotatable bonds is 4. The summed E-state index contributed by atoms with van der Waals surface area (Å²) in [4.78, 5) is 38.5. The number of carbonyl (C=O) groups is 3. The molecule has 0 saturated carbocycles. The standard InChI is InChI=1S/C24H26N4O3/c25-18-6-4-15-11-19(7-5-14(15)10-18)26-12-16-2-1-3-17-13-28(24(31)22(16)17)20-8-9-21(29)27-23(20)30/h1-3,5,7,11,18,20,26H,4,6,8-10,12-13,25H2,(H,27,29,30). The molecular weight excluding hydrogens is 392 g/mol. The topological polar surface area (TPSA) is 105 Å². The summed E-state index contributed by atoms with van der Waals surface area (Å²) < 4.78 is 0. The molecule has 2 aromatic carbocycles. The SMILES string of the molecule is NC1CCc2cc(NCc3cccc4c3C(=O)N(C3CCC(=O)NC3=O)C4)ccc2C1. The molecule has 1 aliphatic carbocycles. The summed E-state index contributed by atoms with van der Waals surface area (Å²) in [5.74, 6) is -0.797. The Morgan fingerprint density at radius 3 is 2.74 bits per heavy atom. The smallest absolute Gasteiger partial charge is 0.255 e. The first-order chi connectivity index (χ1) is 15.0. The van der Waals surface area contributed by atoms with E-state index in [-0.39, 0.29) is 30.2 Å². The van der Waals surface area contributed by atoms with Gasteiger partial charge in [0.05, 0.1) is 0 Å². The van der Waals surface area contributed by atoms with Crippen molar-refractivity contribution < 1.29 is 14.4 Å². The van der Waals surface area contributed by atoms with Crippen molar-refractivity contribution in [2.45, 2.75) is 57.3 Å². The molecular formula is C24H26N4O3. The number of amides is 3. The summed E-state index contributed by atoms with van der Waals surface area (Å²) in [5, 5.41) is 5.81. The van der Waals surface area contributed by atoms with Gasteiger partial charge in [0.25, 0.3) is 5.91 Å². The number of nitrogens with two attached hydrogens (primary N) is 1. The van der Waals surface area contributed by atoms with Crippen LogP contribution in [0.4, 0.5) is 5.69 Å². The van der Waals surface area contributed by atoms with Gasteiger partial charge in [-0.05, 0) is 60.1 Å². The van der Waals surface area contributed by atoms with Gasteiger partial charge in [0.15, 0.2) is 0 Å². The first-order valence-electron chi connectivity index (χ1n) is 10.9. The fourth-order valence-electron chi connectivity index (χ4n) is 4.93. The van der Waals surface area contributed by atoms with E-state index in [1.54, 1.807) is 4.90 Å². The van der Waals surface area contributed by atoms with E-state index in [4.69, 9.17) is 5.73 Å². The van der Waals surface area contributed by atoms with Crippen molar-refractivity contribution in [3.63, 3.8) is 0 Å². The monoisotopic (exact) mass is 418 g/mol. The highest BCUT2D eigenvalue weighted by molar-refractivity contribution is 6.06. The van der Waals surface area contributed by atoms with Crippen LogP contribution in [0.5, 0.6) is 0 Å². The molecule has 2 unspecified atom stereocenters. The second-order valence-electron chi connectivity index (χ2n) is 8.69. The second-order valence-corrected chi connectivity index (χ2v) is 8.69. The number of nitrogens with zero attached hydrogens (tertiary/aromatic N) is 1.